The van der Waals surface area contributed by atoms with Gasteiger partial charge in [-0.3, -0.25) is 0 Å². The monoisotopic (exact) mass is 665 g/mol. The van der Waals surface area contributed by atoms with Gasteiger partial charge in [0.15, 0.2) is 8.24 Å². The van der Waals surface area contributed by atoms with Crippen LogP contribution in [0.2, 0.25) is 39.3 Å². The first-order chi connectivity index (χ1) is 19.9. The summed E-state index contributed by atoms with van der Waals surface area (Å²) in [5.74, 6) is 0. The fourth-order valence-corrected chi connectivity index (χ4v) is 8.71. The van der Waals surface area contributed by atoms with Crippen molar-refractivity contribution in [2.24, 2.45) is 26.3 Å². The summed E-state index contributed by atoms with van der Waals surface area (Å²) in [6, 6.07) is 5.08. The Morgan fingerprint density at radius 3 is 1.30 bits per heavy atom. The average molecular weight is 665 g/mol. The maximum absolute atomic E-state index is 5.61. The summed E-state index contributed by atoms with van der Waals surface area (Å²) >= 11 is 0. The Kier molecular flexibility index (Phi) is 10.8. The van der Waals surface area contributed by atoms with E-state index >= 15 is 0 Å². The number of hydrogen-bond acceptors (Lipinski definition) is 2. The van der Waals surface area contributed by atoms with E-state index in [0.717, 1.165) is 6.42 Å². The molecule has 1 N–H and O–H groups in total. The van der Waals surface area contributed by atoms with Crippen LogP contribution >= 0.6 is 0 Å². The number of anilines is 1. The van der Waals surface area contributed by atoms with Crippen molar-refractivity contribution in [3.05, 3.63) is 52.1 Å². The van der Waals surface area contributed by atoms with Crippen molar-refractivity contribution in [2.75, 3.05) is 4.98 Å². The lowest BCUT2D eigenvalue weighted by atomic mass is 9.53. The fourth-order valence-electron chi connectivity index (χ4n) is 6.77. The van der Waals surface area contributed by atoms with Gasteiger partial charge in [0.2, 0.25) is 0 Å². The minimum absolute atomic E-state index is 0.0111. The summed E-state index contributed by atoms with van der Waals surface area (Å²) in [6.07, 6.45) is 6.39. The van der Waals surface area contributed by atoms with E-state index in [1.165, 1.54) is 39.2 Å². The summed E-state index contributed by atoms with van der Waals surface area (Å²) in [5, 5.41) is 0. The van der Waals surface area contributed by atoms with E-state index in [9.17, 15) is 0 Å². The van der Waals surface area contributed by atoms with Gasteiger partial charge in [-0.2, -0.15) is 0 Å². The summed E-state index contributed by atoms with van der Waals surface area (Å²) in [5.41, 5.74) is 9.54. The Morgan fingerprint density at radius 2 is 1.00 bits per heavy atom. The molecule has 1 aliphatic carbocycles. The van der Waals surface area contributed by atoms with Crippen LogP contribution in [-0.4, -0.2) is 22.2 Å². The Hall–Kier alpha value is -1.40. The number of benzene rings is 1. The maximum Gasteiger partial charge on any atom is 0.173 e. The third-order valence-corrected chi connectivity index (χ3v) is 11.4. The molecular formula is C42H76N2Si2. The molecule has 1 aromatic rings. The average Bonchev–Trinajstić information content (AvgIpc) is 2.73. The van der Waals surface area contributed by atoms with E-state index in [2.05, 4.69) is 186 Å². The first-order valence-electron chi connectivity index (χ1n) is 18.0. The van der Waals surface area contributed by atoms with E-state index in [0.29, 0.717) is 0 Å². The second-order valence-electron chi connectivity index (χ2n) is 22.4. The lowest BCUT2D eigenvalue weighted by Gasteiger charge is -2.51. The quantitative estimate of drug-likeness (QED) is 0.301. The van der Waals surface area contributed by atoms with Gasteiger partial charge in [-0.25, -0.2) is 0 Å². The van der Waals surface area contributed by atoms with Gasteiger partial charge in [0, 0.05) is 11.1 Å². The van der Waals surface area contributed by atoms with E-state index < -0.39 is 16.5 Å². The topological polar surface area (TPSA) is 24.4 Å². The third-order valence-electron chi connectivity index (χ3n) is 9.55. The summed E-state index contributed by atoms with van der Waals surface area (Å²) in [6.45, 7) is 55.4. The second kappa shape index (κ2) is 12.2. The van der Waals surface area contributed by atoms with E-state index in [4.69, 9.17) is 4.66 Å². The van der Waals surface area contributed by atoms with Gasteiger partial charge >= 0.3 is 0 Å². The van der Waals surface area contributed by atoms with Crippen LogP contribution in [0.4, 0.5) is 5.69 Å². The van der Waals surface area contributed by atoms with Crippen LogP contribution in [0.5, 0.6) is 0 Å². The fraction of sp³-hybridized carbons (Fsp3) is 0.738. The molecule has 0 heterocycles. The molecule has 0 atom stereocenters. The molecule has 0 aromatic heterocycles. The van der Waals surface area contributed by atoms with Gasteiger partial charge in [-0.15, -0.1) is 0 Å². The summed E-state index contributed by atoms with van der Waals surface area (Å²) in [4.78, 5) is 4.19. The summed E-state index contributed by atoms with van der Waals surface area (Å²) in [7, 11) is -3.43. The highest BCUT2D eigenvalue weighted by Gasteiger charge is 2.49. The molecule has 0 bridgehead atoms. The Labute approximate surface area is 290 Å². The smallest absolute Gasteiger partial charge is 0.173 e. The molecule has 0 amide bonds. The number of rotatable bonds is 6. The Balaban J connectivity index is 3.17. The molecule has 2 nitrogen and oxygen atoms in total. The molecule has 1 aromatic carbocycles. The van der Waals surface area contributed by atoms with Crippen molar-refractivity contribution >= 4 is 27.9 Å². The van der Waals surface area contributed by atoms with Crippen molar-refractivity contribution in [1.29, 1.82) is 0 Å². The number of nitrogens with one attached hydrogen (secondary N) is 1. The van der Waals surface area contributed by atoms with Gasteiger partial charge in [0.1, 0.15) is 8.24 Å². The van der Waals surface area contributed by atoms with Crippen LogP contribution in [0, 0.1) is 21.7 Å². The second-order valence-corrected chi connectivity index (χ2v) is 31.7. The number of hydrogen-bond donors (Lipinski definition) is 1. The molecule has 0 radical (unpaired) electrons. The molecule has 262 valence electrons. The molecule has 4 heteroatoms. The third kappa shape index (κ3) is 9.61. The molecule has 0 saturated carbocycles. The molecule has 0 spiro atoms. The predicted molar refractivity (Wildman–Crippen MR) is 216 cm³/mol. The molecule has 0 aliphatic heterocycles. The highest BCUT2D eigenvalue weighted by Crippen LogP contribution is 2.57. The molecule has 2 rings (SSSR count). The van der Waals surface area contributed by atoms with Gasteiger partial charge in [-0.05, 0) is 86.4 Å². The van der Waals surface area contributed by atoms with E-state index in [-0.39, 0.29) is 37.9 Å². The normalized spacial score (nSPS) is 19.6. The highest BCUT2D eigenvalue weighted by molar-refractivity contribution is 6.79. The van der Waals surface area contributed by atoms with Crippen molar-refractivity contribution in [1.82, 2.24) is 0 Å². The van der Waals surface area contributed by atoms with Crippen LogP contribution in [-0.2, 0) is 16.2 Å². The maximum atomic E-state index is 5.61. The Morgan fingerprint density at radius 1 is 0.587 bits per heavy atom. The lowest BCUT2D eigenvalue weighted by molar-refractivity contribution is 0.151. The Bertz CT molecular complexity index is 1330. The molecule has 1 aliphatic rings. The minimum atomic E-state index is -1.75. The van der Waals surface area contributed by atoms with E-state index in [1.807, 2.05) is 0 Å². The van der Waals surface area contributed by atoms with Crippen LogP contribution < -0.4 is 4.98 Å². The zero-order valence-corrected chi connectivity index (χ0v) is 37.0. The zero-order valence-electron chi connectivity index (χ0n) is 35.0. The molecule has 46 heavy (non-hydrogen) atoms. The molecule has 0 saturated heterocycles. The summed E-state index contributed by atoms with van der Waals surface area (Å²) < 4.78 is 5.61. The van der Waals surface area contributed by atoms with Gasteiger partial charge < -0.3 is 9.64 Å². The van der Waals surface area contributed by atoms with Crippen molar-refractivity contribution in [3.8, 4) is 0 Å². The minimum Gasteiger partial charge on any atom is -0.410 e. The van der Waals surface area contributed by atoms with Crippen molar-refractivity contribution in [2.45, 2.75) is 180 Å². The van der Waals surface area contributed by atoms with Gasteiger partial charge in [0.25, 0.3) is 0 Å². The molecular weight excluding hydrogens is 589 g/mol. The van der Waals surface area contributed by atoms with Gasteiger partial charge in [0.05, 0.1) is 5.71 Å². The van der Waals surface area contributed by atoms with Crippen LogP contribution in [0.25, 0.3) is 0 Å². The first-order valence-corrected chi connectivity index (χ1v) is 24.9. The lowest BCUT2D eigenvalue weighted by Crippen LogP contribution is -2.44. The first kappa shape index (κ1) is 40.8. The highest BCUT2D eigenvalue weighted by atomic mass is 28.3. The van der Waals surface area contributed by atoms with Gasteiger partial charge in [-0.1, -0.05) is 162 Å². The van der Waals surface area contributed by atoms with Crippen molar-refractivity contribution < 1.29 is 0 Å². The predicted octanol–water partition coefficient (Wildman–Crippen LogP) is 13.5. The SMILES string of the molecule is CC(C)(C)C1=CC(CC(C)(C)c2cc(C(C)(C)C)cc(C(C)(C)C)c2N[Si](C)(C)C)(C(C)(C)C)C=C(C(C)(C)C)C1=N[Si](C)(C)C. The molecule has 0 fully saturated rings. The largest absolute Gasteiger partial charge is 0.410 e. The van der Waals surface area contributed by atoms with Crippen molar-refractivity contribution in [3.63, 3.8) is 0 Å². The standard InChI is InChI=1S/C42H76N2Si2/c1-36(2,3)29-24-30(37(4,5)6)34(43-45(18,19)20)31(25-29)41(16,17)28-42(40(13,14)15)26-32(38(7,8)9)35(44-46(21,22)23)33(27-42)39(10,11)12/h24-27,43H,28H2,1-23H3. The van der Waals surface area contributed by atoms with E-state index in [1.54, 1.807) is 0 Å². The van der Waals surface area contributed by atoms with Crippen LogP contribution in [0.15, 0.2) is 40.1 Å². The zero-order chi connectivity index (χ0) is 36.5. The number of nitrogens with zero attached hydrogens (tertiary/aromatic N) is 1. The van der Waals surface area contributed by atoms with Crippen LogP contribution in [0.1, 0.15) is 141 Å². The molecule has 0 unspecified atom stereocenters. The number of allylic oxidation sites excluding steroid dienone is 4. The van der Waals surface area contributed by atoms with Crippen LogP contribution in [0.3, 0.4) is 0 Å².